The van der Waals surface area contributed by atoms with Gasteiger partial charge in [0.15, 0.2) is 0 Å². The Kier molecular flexibility index (Phi) is 3.57. The van der Waals surface area contributed by atoms with Crippen LogP contribution in [0.1, 0.15) is 21.7 Å². The van der Waals surface area contributed by atoms with Crippen LogP contribution < -0.4 is 5.73 Å². The summed E-state index contributed by atoms with van der Waals surface area (Å²) in [5, 5.41) is 14.6. The molecular formula is C17H16N4O2. The summed E-state index contributed by atoms with van der Waals surface area (Å²) in [5.74, 6) is -0.343. The summed E-state index contributed by atoms with van der Waals surface area (Å²) in [6, 6.07) is 8.76. The normalized spacial score (nSPS) is 10.7. The number of hydrogen-bond donors (Lipinski definition) is 2. The zero-order chi connectivity index (χ0) is 16.6. The fourth-order valence-electron chi connectivity index (χ4n) is 2.65. The molecule has 1 amide bonds. The molecule has 0 atom stereocenters. The molecule has 0 bridgehead atoms. The number of nitrogens with two attached hydrogens (primary N) is 1. The minimum atomic E-state index is -0.540. The number of rotatable bonds is 3. The fourth-order valence-corrected chi connectivity index (χ4v) is 2.65. The van der Waals surface area contributed by atoms with Gasteiger partial charge in [-0.3, -0.25) is 9.78 Å². The van der Waals surface area contributed by atoms with Crippen LogP contribution in [0.15, 0.2) is 42.7 Å². The van der Waals surface area contributed by atoms with Crippen LogP contribution in [0.5, 0.6) is 5.75 Å². The molecule has 116 valence electrons. The lowest BCUT2D eigenvalue weighted by Crippen LogP contribution is -2.12. The van der Waals surface area contributed by atoms with Crippen LogP contribution >= 0.6 is 0 Å². The second-order valence-electron chi connectivity index (χ2n) is 5.27. The van der Waals surface area contributed by atoms with E-state index in [4.69, 9.17) is 5.73 Å². The molecule has 2 aromatic heterocycles. The number of phenolic OH excluding ortho intramolecular Hbond substituents is 1. The maximum Gasteiger partial charge on any atom is 0.250 e. The topological polar surface area (TPSA) is 94.0 Å². The van der Waals surface area contributed by atoms with E-state index in [0.717, 1.165) is 17.0 Å². The van der Waals surface area contributed by atoms with Crippen molar-refractivity contribution in [2.45, 2.75) is 13.8 Å². The number of amides is 1. The van der Waals surface area contributed by atoms with Crippen molar-refractivity contribution >= 4 is 5.91 Å². The highest BCUT2D eigenvalue weighted by Crippen LogP contribution is 2.34. The molecule has 3 rings (SSSR count). The molecule has 23 heavy (non-hydrogen) atoms. The van der Waals surface area contributed by atoms with Crippen LogP contribution in [-0.4, -0.2) is 25.8 Å². The summed E-state index contributed by atoms with van der Waals surface area (Å²) >= 11 is 0. The molecule has 0 radical (unpaired) electrons. The Morgan fingerprint density at radius 3 is 2.65 bits per heavy atom. The minimum Gasteiger partial charge on any atom is -0.507 e. The highest BCUT2D eigenvalue weighted by molar-refractivity contribution is 5.92. The van der Waals surface area contributed by atoms with Gasteiger partial charge < -0.3 is 10.8 Å². The number of primary amides is 1. The quantitative estimate of drug-likeness (QED) is 0.776. The second-order valence-corrected chi connectivity index (χ2v) is 5.27. The molecule has 0 saturated heterocycles. The predicted octanol–water partition coefficient (Wildman–Crippen LogP) is 2.36. The molecule has 3 N–H and O–H groups in total. The summed E-state index contributed by atoms with van der Waals surface area (Å²) < 4.78 is 1.69. The van der Waals surface area contributed by atoms with Gasteiger partial charge >= 0.3 is 0 Å². The van der Waals surface area contributed by atoms with Gasteiger partial charge in [-0.05, 0) is 26.0 Å². The Bertz CT molecular complexity index is 899. The predicted molar refractivity (Wildman–Crippen MR) is 86.5 cm³/mol. The highest BCUT2D eigenvalue weighted by atomic mass is 16.3. The summed E-state index contributed by atoms with van der Waals surface area (Å²) in [6.07, 6.45) is 3.03. The maximum atomic E-state index is 11.3. The van der Waals surface area contributed by atoms with Crippen LogP contribution in [0.2, 0.25) is 0 Å². The van der Waals surface area contributed by atoms with E-state index in [1.807, 2.05) is 26.0 Å². The van der Waals surface area contributed by atoms with Crippen LogP contribution in [0, 0.1) is 13.8 Å². The first-order valence-corrected chi connectivity index (χ1v) is 7.09. The van der Waals surface area contributed by atoms with Gasteiger partial charge in [-0.1, -0.05) is 18.2 Å². The lowest BCUT2D eigenvalue weighted by atomic mass is 10.0. The van der Waals surface area contributed by atoms with Gasteiger partial charge in [0.25, 0.3) is 0 Å². The summed E-state index contributed by atoms with van der Waals surface area (Å²) in [7, 11) is 0. The Morgan fingerprint density at radius 1 is 1.22 bits per heavy atom. The van der Waals surface area contributed by atoms with Crippen molar-refractivity contribution < 1.29 is 9.90 Å². The van der Waals surface area contributed by atoms with Gasteiger partial charge in [-0.25, -0.2) is 4.68 Å². The van der Waals surface area contributed by atoms with Crippen molar-refractivity contribution in [1.29, 1.82) is 0 Å². The van der Waals surface area contributed by atoms with E-state index in [1.165, 1.54) is 6.20 Å². The van der Waals surface area contributed by atoms with Gasteiger partial charge in [0, 0.05) is 23.0 Å². The first-order valence-electron chi connectivity index (χ1n) is 7.09. The van der Waals surface area contributed by atoms with E-state index in [9.17, 15) is 9.90 Å². The van der Waals surface area contributed by atoms with Gasteiger partial charge in [0.05, 0.1) is 23.1 Å². The molecule has 6 nitrogen and oxygen atoms in total. The molecule has 0 spiro atoms. The number of nitrogens with zero attached hydrogens (tertiary/aromatic N) is 3. The number of carbonyl (C=O) groups excluding carboxylic acids is 1. The van der Waals surface area contributed by atoms with E-state index in [1.54, 1.807) is 29.1 Å². The zero-order valence-electron chi connectivity index (χ0n) is 12.8. The Hall–Kier alpha value is -3.15. The van der Waals surface area contributed by atoms with Crippen molar-refractivity contribution in [3.05, 3.63) is 59.7 Å². The van der Waals surface area contributed by atoms with Gasteiger partial charge in [-0.2, -0.15) is 5.10 Å². The number of carbonyl (C=O) groups is 1. The molecule has 0 aliphatic heterocycles. The summed E-state index contributed by atoms with van der Waals surface area (Å²) in [4.78, 5) is 15.4. The van der Waals surface area contributed by atoms with Crippen LogP contribution in [0.25, 0.3) is 16.8 Å². The molecule has 0 saturated carbocycles. The fraction of sp³-hybridized carbons (Fsp3) is 0.118. The third-order valence-electron chi connectivity index (χ3n) is 3.72. The third-order valence-corrected chi connectivity index (χ3v) is 3.72. The molecular weight excluding hydrogens is 292 g/mol. The van der Waals surface area contributed by atoms with Crippen LogP contribution in [0.4, 0.5) is 0 Å². The number of para-hydroxylation sites is 1. The van der Waals surface area contributed by atoms with E-state index >= 15 is 0 Å². The second kappa shape index (κ2) is 5.57. The molecule has 0 aliphatic rings. The first kappa shape index (κ1) is 14.8. The Balaban J connectivity index is 2.17. The van der Waals surface area contributed by atoms with E-state index < -0.39 is 5.91 Å². The molecule has 0 fully saturated rings. The largest absolute Gasteiger partial charge is 0.507 e. The van der Waals surface area contributed by atoms with Gasteiger partial charge in [-0.15, -0.1) is 0 Å². The van der Waals surface area contributed by atoms with Crippen LogP contribution in [0.3, 0.4) is 0 Å². The maximum absolute atomic E-state index is 11.3. The lowest BCUT2D eigenvalue weighted by molar-refractivity contribution is 0.1000. The first-order chi connectivity index (χ1) is 11.0. The minimum absolute atomic E-state index is 0.197. The van der Waals surface area contributed by atoms with Gasteiger partial charge in [0.2, 0.25) is 5.91 Å². The summed E-state index contributed by atoms with van der Waals surface area (Å²) in [5.41, 5.74) is 9.45. The highest BCUT2D eigenvalue weighted by Gasteiger charge is 2.17. The van der Waals surface area contributed by atoms with E-state index in [-0.39, 0.29) is 5.75 Å². The number of hydrogen-bond acceptors (Lipinski definition) is 4. The number of pyridine rings is 1. The third kappa shape index (κ3) is 2.55. The zero-order valence-corrected chi connectivity index (χ0v) is 12.8. The number of aryl methyl sites for hydroxylation is 1. The smallest absolute Gasteiger partial charge is 0.250 e. The average Bonchev–Trinajstić information content (AvgIpc) is 2.83. The molecule has 6 heteroatoms. The number of benzene rings is 1. The van der Waals surface area contributed by atoms with Crippen molar-refractivity contribution in [2.75, 3.05) is 0 Å². The Morgan fingerprint density at radius 2 is 1.96 bits per heavy atom. The standard InChI is InChI=1S/C17H16N4O2/c1-10-16(14-5-3-4-6-15(14)22)11(2)21(20-10)13-7-12(17(18)23)8-19-9-13/h3-9,22H,1-2H3,(H2,18,23). The Labute approximate surface area is 133 Å². The van der Waals surface area contributed by atoms with Crippen molar-refractivity contribution in [2.24, 2.45) is 5.73 Å². The van der Waals surface area contributed by atoms with Gasteiger partial charge in [0.1, 0.15) is 5.75 Å². The number of phenols is 1. The molecule has 2 heterocycles. The SMILES string of the molecule is Cc1nn(-c2cncc(C(N)=O)c2)c(C)c1-c1ccccc1O. The number of aromatic hydroxyl groups is 1. The number of aromatic nitrogens is 3. The monoisotopic (exact) mass is 308 g/mol. The molecule has 1 aromatic carbocycles. The van der Waals surface area contributed by atoms with Crippen molar-refractivity contribution in [1.82, 2.24) is 14.8 Å². The molecule has 0 aliphatic carbocycles. The van der Waals surface area contributed by atoms with Crippen molar-refractivity contribution in [3.63, 3.8) is 0 Å². The molecule has 3 aromatic rings. The molecule has 0 unspecified atom stereocenters. The average molecular weight is 308 g/mol. The summed E-state index contributed by atoms with van der Waals surface area (Å²) in [6.45, 7) is 3.77. The van der Waals surface area contributed by atoms with E-state index in [0.29, 0.717) is 16.8 Å². The van der Waals surface area contributed by atoms with Crippen molar-refractivity contribution in [3.8, 4) is 22.6 Å². The van der Waals surface area contributed by atoms with Crippen LogP contribution in [-0.2, 0) is 0 Å². The van der Waals surface area contributed by atoms with E-state index in [2.05, 4.69) is 10.1 Å². The lowest BCUT2D eigenvalue weighted by Gasteiger charge is -2.07.